The van der Waals surface area contributed by atoms with Crippen LogP contribution in [0.15, 0.2) is 12.7 Å². The van der Waals surface area contributed by atoms with Crippen molar-refractivity contribution in [2.24, 2.45) is 0 Å². The van der Waals surface area contributed by atoms with E-state index in [0.717, 1.165) is 32.6 Å². The van der Waals surface area contributed by atoms with E-state index in [1.807, 2.05) is 6.08 Å². The summed E-state index contributed by atoms with van der Waals surface area (Å²) in [6.45, 7) is 7.63. The Morgan fingerprint density at radius 1 is 1.47 bits per heavy atom. The van der Waals surface area contributed by atoms with Crippen LogP contribution in [0, 0.1) is 11.3 Å². The number of nitrogens with zero attached hydrogens (tertiary/aromatic N) is 2. The molecule has 1 atom stereocenters. The predicted molar refractivity (Wildman–Crippen MR) is 62.5 cm³/mol. The van der Waals surface area contributed by atoms with Crippen molar-refractivity contribution in [3.8, 4) is 6.07 Å². The molecule has 1 saturated heterocycles. The van der Waals surface area contributed by atoms with Crippen LogP contribution in [-0.2, 0) is 0 Å². The van der Waals surface area contributed by atoms with Gasteiger partial charge in [0, 0.05) is 19.6 Å². The largest absolute Gasteiger partial charge is 0.313 e. The minimum atomic E-state index is 0.0816. The Kier molecular flexibility index (Phi) is 6.06. The zero-order valence-corrected chi connectivity index (χ0v) is 9.41. The van der Waals surface area contributed by atoms with Crippen molar-refractivity contribution in [1.29, 1.82) is 5.26 Å². The summed E-state index contributed by atoms with van der Waals surface area (Å²) in [5, 5.41) is 12.2. The van der Waals surface area contributed by atoms with E-state index >= 15 is 0 Å². The second kappa shape index (κ2) is 7.44. The molecule has 1 N–H and O–H groups in total. The summed E-state index contributed by atoms with van der Waals surface area (Å²) in [5.74, 6) is 0. The third kappa shape index (κ3) is 4.46. The van der Waals surface area contributed by atoms with Crippen molar-refractivity contribution < 1.29 is 0 Å². The van der Waals surface area contributed by atoms with Gasteiger partial charge in [-0.3, -0.25) is 4.90 Å². The number of nitrogens with one attached hydrogen (secondary N) is 1. The zero-order chi connectivity index (χ0) is 10.9. The van der Waals surface area contributed by atoms with Gasteiger partial charge >= 0.3 is 0 Å². The van der Waals surface area contributed by atoms with Crippen LogP contribution < -0.4 is 5.32 Å². The van der Waals surface area contributed by atoms with Crippen LogP contribution in [0.4, 0.5) is 0 Å². The third-order valence-electron chi connectivity index (χ3n) is 2.86. The molecule has 1 fully saturated rings. The standard InChI is InChI=1S/C12H21N3/c1-2-3-4-5-6-8-15-9-7-14-11-12(15)10-13/h2,12,14H,1,3-9,11H2. The average molecular weight is 207 g/mol. The topological polar surface area (TPSA) is 39.1 Å². The lowest BCUT2D eigenvalue weighted by atomic mass is 10.1. The molecule has 0 aliphatic carbocycles. The molecule has 1 heterocycles. The highest BCUT2D eigenvalue weighted by Crippen LogP contribution is 2.06. The number of hydrogen-bond donors (Lipinski definition) is 1. The maximum absolute atomic E-state index is 8.96. The molecular formula is C12H21N3. The second-order valence-electron chi connectivity index (χ2n) is 4.02. The van der Waals surface area contributed by atoms with Crippen LogP contribution in [0.5, 0.6) is 0 Å². The van der Waals surface area contributed by atoms with E-state index in [1.165, 1.54) is 19.3 Å². The molecule has 3 heteroatoms. The molecule has 1 aliphatic rings. The van der Waals surface area contributed by atoms with Gasteiger partial charge in [-0.2, -0.15) is 5.26 Å². The Labute approximate surface area is 92.8 Å². The first-order chi connectivity index (χ1) is 7.38. The lowest BCUT2D eigenvalue weighted by Crippen LogP contribution is -2.50. The molecule has 84 valence electrons. The van der Waals surface area contributed by atoms with E-state index in [2.05, 4.69) is 22.9 Å². The predicted octanol–water partition coefficient (Wildman–Crippen LogP) is 1.53. The molecule has 15 heavy (non-hydrogen) atoms. The summed E-state index contributed by atoms with van der Waals surface area (Å²) in [4.78, 5) is 2.30. The summed E-state index contributed by atoms with van der Waals surface area (Å²) >= 11 is 0. The molecule has 0 radical (unpaired) electrons. The molecule has 0 aromatic carbocycles. The molecule has 0 bridgehead atoms. The molecule has 0 saturated carbocycles. The van der Waals surface area contributed by atoms with Gasteiger partial charge < -0.3 is 5.32 Å². The first-order valence-electron chi connectivity index (χ1n) is 5.83. The van der Waals surface area contributed by atoms with Gasteiger partial charge in [-0.15, -0.1) is 6.58 Å². The maximum Gasteiger partial charge on any atom is 0.110 e. The van der Waals surface area contributed by atoms with Gasteiger partial charge in [0.1, 0.15) is 6.04 Å². The quantitative estimate of drug-likeness (QED) is 0.530. The molecule has 0 amide bonds. The van der Waals surface area contributed by atoms with E-state index < -0.39 is 0 Å². The maximum atomic E-state index is 8.96. The van der Waals surface area contributed by atoms with Crippen LogP contribution in [-0.4, -0.2) is 37.1 Å². The van der Waals surface area contributed by atoms with Crippen molar-refractivity contribution in [2.75, 3.05) is 26.2 Å². The van der Waals surface area contributed by atoms with E-state index in [0.29, 0.717) is 0 Å². The van der Waals surface area contributed by atoms with Crippen molar-refractivity contribution in [2.45, 2.75) is 31.7 Å². The monoisotopic (exact) mass is 207 g/mol. The van der Waals surface area contributed by atoms with Crippen LogP contribution in [0.25, 0.3) is 0 Å². The van der Waals surface area contributed by atoms with Gasteiger partial charge in [0.25, 0.3) is 0 Å². The van der Waals surface area contributed by atoms with Gasteiger partial charge in [0.2, 0.25) is 0 Å². The van der Waals surface area contributed by atoms with Gasteiger partial charge in [-0.25, -0.2) is 0 Å². The average Bonchev–Trinajstić information content (AvgIpc) is 2.29. The van der Waals surface area contributed by atoms with Crippen molar-refractivity contribution in [1.82, 2.24) is 10.2 Å². The van der Waals surface area contributed by atoms with Gasteiger partial charge in [-0.1, -0.05) is 12.5 Å². The fraction of sp³-hybridized carbons (Fsp3) is 0.750. The molecular weight excluding hydrogens is 186 g/mol. The lowest BCUT2D eigenvalue weighted by molar-refractivity contribution is 0.193. The molecule has 0 aromatic rings. The zero-order valence-electron chi connectivity index (χ0n) is 9.41. The minimum absolute atomic E-state index is 0.0816. The Hall–Kier alpha value is -0.850. The molecule has 1 aliphatic heterocycles. The Balaban J connectivity index is 2.13. The number of piperazine rings is 1. The SMILES string of the molecule is C=CCCCCCN1CCNCC1C#N. The number of unbranched alkanes of at least 4 members (excludes halogenated alkanes) is 3. The van der Waals surface area contributed by atoms with Crippen molar-refractivity contribution >= 4 is 0 Å². The van der Waals surface area contributed by atoms with Crippen LogP contribution in [0.2, 0.25) is 0 Å². The van der Waals surface area contributed by atoms with E-state index in [-0.39, 0.29) is 6.04 Å². The number of rotatable bonds is 6. The number of hydrogen-bond acceptors (Lipinski definition) is 3. The second-order valence-corrected chi connectivity index (χ2v) is 4.02. The third-order valence-corrected chi connectivity index (χ3v) is 2.86. The van der Waals surface area contributed by atoms with E-state index in [4.69, 9.17) is 5.26 Å². The van der Waals surface area contributed by atoms with Gasteiger partial charge in [-0.05, 0) is 25.8 Å². The fourth-order valence-corrected chi connectivity index (χ4v) is 1.92. The highest BCUT2D eigenvalue weighted by molar-refractivity contribution is 4.95. The smallest absolute Gasteiger partial charge is 0.110 e. The summed E-state index contributed by atoms with van der Waals surface area (Å²) < 4.78 is 0. The van der Waals surface area contributed by atoms with Crippen molar-refractivity contribution in [3.63, 3.8) is 0 Å². The first-order valence-corrected chi connectivity index (χ1v) is 5.83. The Bertz CT molecular complexity index is 219. The molecule has 0 aromatic heterocycles. The van der Waals surface area contributed by atoms with E-state index in [9.17, 15) is 0 Å². The number of nitriles is 1. The number of allylic oxidation sites excluding steroid dienone is 1. The fourth-order valence-electron chi connectivity index (χ4n) is 1.92. The van der Waals surface area contributed by atoms with Crippen LogP contribution >= 0.6 is 0 Å². The molecule has 3 nitrogen and oxygen atoms in total. The Morgan fingerprint density at radius 3 is 3.07 bits per heavy atom. The highest BCUT2D eigenvalue weighted by atomic mass is 15.2. The summed E-state index contributed by atoms with van der Waals surface area (Å²) in [7, 11) is 0. The van der Waals surface area contributed by atoms with Gasteiger partial charge in [0.05, 0.1) is 6.07 Å². The molecule has 1 rings (SSSR count). The summed E-state index contributed by atoms with van der Waals surface area (Å²) in [5.41, 5.74) is 0. The highest BCUT2D eigenvalue weighted by Gasteiger charge is 2.20. The summed E-state index contributed by atoms with van der Waals surface area (Å²) in [6.07, 6.45) is 6.76. The summed E-state index contributed by atoms with van der Waals surface area (Å²) in [6, 6.07) is 2.43. The first kappa shape index (κ1) is 12.2. The Morgan fingerprint density at radius 2 is 2.33 bits per heavy atom. The van der Waals surface area contributed by atoms with Crippen molar-refractivity contribution in [3.05, 3.63) is 12.7 Å². The van der Waals surface area contributed by atoms with E-state index in [1.54, 1.807) is 0 Å². The van der Waals surface area contributed by atoms with Crippen LogP contribution in [0.1, 0.15) is 25.7 Å². The normalized spacial score (nSPS) is 22.2. The molecule has 1 unspecified atom stereocenters. The minimum Gasteiger partial charge on any atom is -0.313 e. The molecule has 0 spiro atoms. The van der Waals surface area contributed by atoms with Gasteiger partial charge in [0.15, 0.2) is 0 Å². The lowest BCUT2D eigenvalue weighted by Gasteiger charge is -2.31. The van der Waals surface area contributed by atoms with Crippen LogP contribution in [0.3, 0.4) is 0 Å².